The first kappa shape index (κ1) is 15.2. The minimum atomic E-state index is -0.632. The van der Waals surface area contributed by atoms with Gasteiger partial charge in [0.25, 0.3) is 5.82 Å². The highest BCUT2D eigenvalue weighted by Gasteiger charge is 2.21. The maximum Gasteiger partial charge on any atom is 0.378 e. The second-order valence-electron chi connectivity index (χ2n) is 4.53. The monoisotopic (exact) mass is 376 g/mol. The molecule has 0 amide bonds. The molecule has 0 radical (unpaired) electrons. The van der Waals surface area contributed by atoms with Crippen LogP contribution in [-0.2, 0) is 4.74 Å². The predicted molar refractivity (Wildman–Crippen MR) is 87.0 cm³/mol. The minimum absolute atomic E-state index is 0.0415. The molecule has 2 heterocycles. The minimum Gasteiger partial charge on any atom is -0.460 e. The smallest absolute Gasteiger partial charge is 0.378 e. The molecule has 3 aromatic rings. The average molecular weight is 377 g/mol. The normalized spacial score (nSPS) is 10.7. The van der Waals surface area contributed by atoms with Crippen molar-refractivity contribution in [3.05, 3.63) is 40.6 Å². The zero-order chi connectivity index (χ0) is 16.4. The number of rotatable bonds is 4. The molecule has 0 spiro atoms. The zero-order valence-corrected chi connectivity index (χ0v) is 13.7. The van der Waals surface area contributed by atoms with E-state index in [0.717, 1.165) is 11.3 Å². The van der Waals surface area contributed by atoms with Crippen LogP contribution in [0.2, 0.25) is 0 Å². The Bertz CT molecular complexity index is 842. The van der Waals surface area contributed by atoms with Crippen molar-refractivity contribution in [3.63, 3.8) is 0 Å². The number of nitrogens with one attached hydrogen (secondary N) is 1. The number of esters is 1. The van der Waals surface area contributed by atoms with Crippen LogP contribution in [0.1, 0.15) is 17.5 Å². The Morgan fingerprint density at radius 2 is 2.13 bits per heavy atom. The molecule has 0 fully saturated rings. The van der Waals surface area contributed by atoms with Gasteiger partial charge in [-0.15, -0.1) is 5.10 Å². The molecule has 118 valence electrons. The number of nitrogens with two attached hydrogens (primary N) is 1. The van der Waals surface area contributed by atoms with E-state index < -0.39 is 5.97 Å². The summed E-state index contributed by atoms with van der Waals surface area (Å²) in [7, 11) is 0. The van der Waals surface area contributed by atoms with Gasteiger partial charge in [-0.1, -0.05) is 30.3 Å². The predicted octanol–water partition coefficient (Wildman–Crippen LogP) is 2.18. The van der Waals surface area contributed by atoms with Crippen LogP contribution >= 0.6 is 15.9 Å². The van der Waals surface area contributed by atoms with Gasteiger partial charge in [0, 0.05) is 5.56 Å². The fourth-order valence-electron chi connectivity index (χ4n) is 2.02. The lowest BCUT2D eigenvalue weighted by atomic mass is 10.1. The molecule has 0 aliphatic heterocycles. The number of hydrogen-bond donors (Lipinski definition) is 2. The third-order valence-corrected chi connectivity index (χ3v) is 3.79. The third-order valence-electron chi connectivity index (χ3n) is 3.04. The van der Waals surface area contributed by atoms with E-state index in [2.05, 4.69) is 36.2 Å². The van der Waals surface area contributed by atoms with Gasteiger partial charge in [-0.3, -0.25) is 5.10 Å². The SMILES string of the molecule is CCOC(=O)c1nc(N)n(-c2n[nH]c(-c3ccccc3)c2Br)n1. The van der Waals surface area contributed by atoms with Crippen LogP contribution in [0.5, 0.6) is 0 Å². The molecule has 0 aliphatic carbocycles. The van der Waals surface area contributed by atoms with Crippen molar-refractivity contribution < 1.29 is 9.53 Å². The molecule has 0 bridgehead atoms. The Labute approximate surface area is 139 Å². The Kier molecular flexibility index (Phi) is 4.11. The molecule has 3 rings (SSSR count). The van der Waals surface area contributed by atoms with E-state index in [1.807, 2.05) is 30.3 Å². The fraction of sp³-hybridized carbons (Fsp3) is 0.143. The summed E-state index contributed by atoms with van der Waals surface area (Å²) in [6.07, 6.45) is 0. The topological polar surface area (TPSA) is 112 Å². The van der Waals surface area contributed by atoms with Gasteiger partial charge in [-0.2, -0.15) is 14.8 Å². The van der Waals surface area contributed by atoms with Gasteiger partial charge in [0.2, 0.25) is 5.95 Å². The van der Waals surface area contributed by atoms with Gasteiger partial charge in [-0.05, 0) is 22.9 Å². The van der Waals surface area contributed by atoms with Crippen LogP contribution in [0.3, 0.4) is 0 Å². The maximum absolute atomic E-state index is 11.7. The second-order valence-corrected chi connectivity index (χ2v) is 5.32. The van der Waals surface area contributed by atoms with Gasteiger partial charge in [0.1, 0.15) is 0 Å². The van der Waals surface area contributed by atoms with Gasteiger partial charge in [0.05, 0.1) is 16.8 Å². The van der Waals surface area contributed by atoms with Crippen LogP contribution in [0.25, 0.3) is 17.1 Å². The fourth-order valence-corrected chi connectivity index (χ4v) is 2.59. The molecular formula is C14H13BrN6O2. The van der Waals surface area contributed by atoms with Crippen molar-refractivity contribution in [1.29, 1.82) is 0 Å². The first-order valence-electron chi connectivity index (χ1n) is 6.81. The molecule has 23 heavy (non-hydrogen) atoms. The Morgan fingerprint density at radius 1 is 1.39 bits per heavy atom. The van der Waals surface area contributed by atoms with E-state index in [-0.39, 0.29) is 18.4 Å². The van der Waals surface area contributed by atoms with Crippen molar-refractivity contribution in [2.45, 2.75) is 6.92 Å². The number of carbonyl (C=O) groups excluding carboxylic acids is 1. The number of anilines is 1. The van der Waals surface area contributed by atoms with E-state index >= 15 is 0 Å². The number of aromatic nitrogens is 5. The summed E-state index contributed by atoms with van der Waals surface area (Å²) in [6.45, 7) is 1.94. The first-order chi connectivity index (χ1) is 11.1. The number of nitrogens with zero attached hydrogens (tertiary/aromatic N) is 4. The molecule has 0 saturated carbocycles. The number of H-pyrrole nitrogens is 1. The summed E-state index contributed by atoms with van der Waals surface area (Å²) < 4.78 is 6.80. The Hall–Kier alpha value is -2.68. The van der Waals surface area contributed by atoms with Crippen molar-refractivity contribution in [1.82, 2.24) is 25.0 Å². The van der Waals surface area contributed by atoms with Crippen molar-refractivity contribution in [2.24, 2.45) is 0 Å². The van der Waals surface area contributed by atoms with E-state index in [9.17, 15) is 4.79 Å². The maximum atomic E-state index is 11.7. The number of nitrogen functional groups attached to an aromatic ring is 1. The molecule has 2 aromatic heterocycles. The molecule has 0 aliphatic rings. The third kappa shape index (κ3) is 2.82. The molecule has 3 N–H and O–H groups in total. The lowest BCUT2D eigenvalue weighted by Crippen LogP contribution is -2.08. The summed E-state index contributed by atoms with van der Waals surface area (Å²) in [5, 5.41) is 11.2. The van der Waals surface area contributed by atoms with Gasteiger partial charge >= 0.3 is 5.97 Å². The second kappa shape index (κ2) is 6.21. The van der Waals surface area contributed by atoms with E-state index in [1.54, 1.807) is 6.92 Å². The first-order valence-corrected chi connectivity index (χ1v) is 7.60. The molecule has 0 atom stereocenters. The molecule has 9 heteroatoms. The highest BCUT2D eigenvalue weighted by atomic mass is 79.9. The Balaban J connectivity index is 2.00. The summed E-state index contributed by atoms with van der Waals surface area (Å²) in [5.41, 5.74) is 7.55. The lowest BCUT2D eigenvalue weighted by molar-refractivity contribution is 0.0512. The number of aromatic amines is 1. The summed E-state index contributed by atoms with van der Waals surface area (Å²) >= 11 is 3.48. The van der Waals surface area contributed by atoms with Crippen LogP contribution < -0.4 is 5.73 Å². The van der Waals surface area contributed by atoms with Crippen LogP contribution in [-0.4, -0.2) is 37.5 Å². The standard InChI is InChI=1S/C14H13BrN6O2/c1-2-23-13(22)11-17-14(16)21(20-11)12-9(15)10(18-19-12)8-6-4-3-5-7-8/h3-7H,2H2,1H3,(H,18,19)(H2,16,17,20). The van der Waals surface area contributed by atoms with Crippen molar-refractivity contribution in [2.75, 3.05) is 12.3 Å². The van der Waals surface area contributed by atoms with Gasteiger partial charge < -0.3 is 10.5 Å². The number of hydrogen-bond acceptors (Lipinski definition) is 6. The number of ether oxygens (including phenoxy) is 1. The number of benzene rings is 1. The van der Waals surface area contributed by atoms with Gasteiger partial charge in [-0.25, -0.2) is 4.79 Å². The summed E-state index contributed by atoms with van der Waals surface area (Å²) in [5.74, 6) is -0.294. The largest absolute Gasteiger partial charge is 0.460 e. The lowest BCUT2D eigenvalue weighted by Gasteiger charge is -2.00. The number of carbonyl (C=O) groups is 1. The molecule has 8 nitrogen and oxygen atoms in total. The molecular weight excluding hydrogens is 364 g/mol. The van der Waals surface area contributed by atoms with E-state index in [4.69, 9.17) is 10.5 Å². The quantitative estimate of drug-likeness (QED) is 0.674. The number of halogens is 1. The molecule has 1 aromatic carbocycles. The highest BCUT2D eigenvalue weighted by Crippen LogP contribution is 2.31. The summed E-state index contributed by atoms with van der Waals surface area (Å²) in [4.78, 5) is 15.6. The molecule has 0 unspecified atom stereocenters. The van der Waals surface area contributed by atoms with Crippen LogP contribution in [0.4, 0.5) is 5.95 Å². The van der Waals surface area contributed by atoms with E-state index in [1.165, 1.54) is 4.68 Å². The Morgan fingerprint density at radius 3 is 2.83 bits per heavy atom. The van der Waals surface area contributed by atoms with Crippen LogP contribution in [0.15, 0.2) is 34.8 Å². The van der Waals surface area contributed by atoms with Gasteiger partial charge in [0.15, 0.2) is 5.82 Å². The molecule has 0 saturated heterocycles. The average Bonchev–Trinajstić information content (AvgIpc) is 3.11. The van der Waals surface area contributed by atoms with Crippen LogP contribution in [0, 0.1) is 0 Å². The van der Waals surface area contributed by atoms with E-state index in [0.29, 0.717) is 10.3 Å². The summed E-state index contributed by atoms with van der Waals surface area (Å²) in [6, 6.07) is 9.65. The zero-order valence-electron chi connectivity index (χ0n) is 12.2. The highest BCUT2D eigenvalue weighted by molar-refractivity contribution is 9.10. The van der Waals surface area contributed by atoms with Crippen molar-refractivity contribution >= 4 is 27.8 Å². The van der Waals surface area contributed by atoms with Crippen molar-refractivity contribution in [3.8, 4) is 17.1 Å².